The van der Waals surface area contributed by atoms with Gasteiger partial charge in [-0.3, -0.25) is 19.7 Å². The predicted molar refractivity (Wildman–Crippen MR) is 75.8 cm³/mol. The number of amides is 2. The van der Waals surface area contributed by atoms with Gasteiger partial charge in [-0.15, -0.1) is 0 Å². The van der Waals surface area contributed by atoms with E-state index in [2.05, 4.69) is 10.6 Å². The Balaban J connectivity index is 1.97. The fraction of sp³-hybridized carbons (Fsp3) is 0.429. The van der Waals surface area contributed by atoms with Crippen molar-refractivity contribution in [3.8, 4) is 0 Å². The summed E-state index contributed by atoms with van der Waals surface area (Å²) in [5, 5.41) is 16.5. The minimum absolute atomic E-state index is 0.0120. The molecule has 1 aromatic carbocycles. The van der Waals surface area contributed by atoms with E-state index in [9.17, 15) is 19.7 Å². The van der Waals surface area contributed by atoms with Crippen LogP contribution in [-0.4, -0.2) is 29.3 Å². The lowest BCUT2D eigenvalue weighted by Gasteiger charge is -2.28. The standard InChI is InChI=1S/C14H17N3O4/c18-9-15-10-5-7-11(8-6-10)16-14(19)12-3-1-2-4-13(12)17(20)21/h1-4,9-11H,5-8H2,(H,15,18)(H,16,19). The van der Waals surface area contributed by atoms with Crippen LogP contribution >= 0.6 is 0 Å². The molecule has 0 heterocycles. The van der Waals surface area contributed by atoms with Gasteiger partial charge in [-0.25, -0.2) is 0 Å². The summed E-state index contributed by atoms with van der Waals surface area (Å²) in [6.07, 6.45) is 3.77. The van der Waals surface area contributed by atoms with Crippen LogP contribution in [0.25, 0.3) is 0 Å². The number of hydrogen-bond acceptors (Lipinski definition) is 4. The highest BCUT2D eigenvalue weighted by molar-refractivity contribution is 5.98. The fourth-order valence-electron chi connectivity index (χ4n) is 2.59. The lowest BCUT2D eigenvalue weighted by atomic mass is 9.91. The van der Waals surface area contributed by atoms with Gasteiger partial charge in [0.15, 0.2) is 0 Å². The van der Waals surface area contributed by atoms with Crippen LogP contribution in [0.1, 0.15) is 36.0 Å². The van der Waals surface area contributed by atoms with Crippen molar-refractivity contribution < 1.29 is 14.5 Å². The number of benzene rings is 1. The Kier molecular flexibility index (Phi) is 4.86. The van der Waals surface area contributed by atoms with Crippen LogP contribution in [0.3, 0.4) is 0 Å². The summed E-state index contributed by atoms with van der Waals surface area (Å²) in [7, 11) is 0. The number of para-hydroxylation sites is 1. The smallest absolute Gasteiger partial charge is 0.282 e. The number of carbonyl (C=O) groups is 2. The Bertz CT molecular complexity index is 539. The largest absolute Gasteiger partial charge is 0.356 e. The average molecular weight is 291 g/mol. The molecule has 0 saturated heterocycles. The maximum absolute atomic E-state index is 12.2. The van der Waals surface area contributed by atoms with Crippen molar-refractivity contribution in [1.29, 1.82) is 0 Å². The van der Waals surface area contributed by atoms with E-state index in [4.69, 9.17) is 0 Å². The first-order valence-corrected chi connectivity index (χ1v) is 6.85. The maximum Gasteiger partial charge on any atom is 0.282 e. The third-order valence-corrected chi connectivity index (χ3v) is 3.71. The van der Waals surface area contributed by atoms with Crippen LogP contribution in [0.4, 0.5) is 5.69 Å². The van der Waals surface area contributed by atoms with Crippen LogP contribution in [0.2, 0.25) is 0 Å². The molecule has 0 spiro atoms. The molecule has 21 heavy (non-hydrogen) atoms. The Morgan fingerprint density at radius 3 is 2.43 bits per heavy atom. The first-order valence-electron chi connectivity index (χ1n) is 6.85. The molecule has 7 heteroatoms. The highest BCUT2D eigenvalue weighted by Crippen LogP contribution is 2.21. The number of rotatable bonds is 5. The van der Waals surface area contributed by atoms with Gasteiger partial charge in [0.05, 0.1) is 4.92 Å². The van der Waals surface area contributed by atoms with Crippen molar-refractivity contribution in [2.75, 3.05) is 0 Å². The van der Waals surface area contributed by atoms with E-state index in [-0.39, 0.29) is 23.3 Å². The minimum Gasteiger partial charge on any atom is -0.356 e. The molecule has 2 amide bonds. The van der Waals surface area contributed by atoms with Gasteiger partial charge in [-0.1, -0.05) is 12.1 Å². The van der Waals surface area contributed by atoms with Gasteiger partial charge in [0.1, 0.15) is 5.56 Å². The molecule has 1 aliphatic carbocycles. The molecule has 0 unspecified atom stereocenters. The molecule has 1 saturated carbocycles. The summed E-state index contributed by atoms with van der Waals surface area (Å²) >= 11 is 0. The first kappa shape index (κ1) is 15.0. The van der Waals surface area contributed by atoms with E-state index < -0.39 is 10.8 Å². The minimum atomic E-state index is -0.556. The molecule has 1 fully saturated rings. The lowest BCUT2D eigenvalue weighted by molar-refractivity contribution is -0.385. The van der Waals surface area contributed by atoms with Gasteiger partial charge < -0.3 is 10.6 Å². The van der Waals surface area contributed by atoms with Gasteiger partial charge in [-0.2, -0.15) is 0 Å². The number of hydrogen-bond donors (Lipinski definition) is 2. The van der Waals surface area contributed by atoms with E-state index in [1.807, 2.05) is 0 Å². The molecule has 1 aromatic rings. The predicted octanol–water partition coefficient (Wildman–Crippen LogP) is 1.38. The number of carbonyl (C=O) groups excluding carboxylic acids is 2. The molecule has 112 valence electrons. The topological polar surface area (TPSA) is 101 Å². The number of nitrogens with zero attached hydrogens (tertiary/aromatic N) is 1. The van der Waals surface area contributed by atoms with Crippen molar-refractivity contribution in [3.63, 3.8) is 0 Å². The van der Waals surface area contributed by atoms with E-state index in [1.165, 1.54) is 18.2 Å². The molecule has 7 nitrogen and oxygen atoms in total. The Hall–Kier alpha value is -2.44. The normalized spacial score (nSPS) is 21.3. The molecular weight excluding hydrogens is 274 g/mol. The van der Waals surface area contributed by atoms with Gasteiger partial charge in [0.2, 0.25) is 6.41 Å². The zero-order valence-corrected chi connectivity index (χ0v) is 11.5. The number of nitro groups is 1. The van der Waals surface area contributed by atoms with E-state index in [1.54, 1.807) is 6.07 Å². The summed E-state index contributed by atoms with van der Waals surface area (Å²) in [4.78, 5) is 32.9. The van der Waals surface area contributed by atoms with E-state index >= 15 is 0 Å². The summed E-state index contributed by atoms with van der Waals surface area (Å²) < 4.78 is 0. The molecule has 0 aromatic heterocycles. The third kappa shape index (κ3) is 3.77. The molecule has 1 aliphatic rings. The highest BCUT2D eigenvalue weighted by atomic mass is 16.6. The zero-order valence-electron chi connectivity index (χ0n) is 11.5. The molecule has 0 bridgehead atoms. The molecule has 0 atom stereocenters. The number of nitrogens with one attached hydrogen (secondary N) is 2. The van der Waals surface area contributed by atoms with Crippen molar-refractivity contribution in [2.24, 2.45) is 0 Å². The Labute approximate surface area is 121 Å². The number of nitro benzene ring substituents is 1. The quantitative estimate of drug-likeness (QED) is 0.486. The Morgan fingerprint density at radius 2 is 1.81 bits per heavy atom. The summed E-state index contributed by atoms with van der Waals surface area (Å²) in [6.45, 7) is 0. The van der Waals surface area contributed by atoms with Crippen LogP contribution in [-0.2, 0) is 4.79 Å². The van der Waals surface area contributed by atoms with Crippen LogP contribution in [0.5, 0.6) is 0 Å². The summed E-state index contributed by atoms with van der Waals surface area (Å²) in [5.74, 6) is -0.422. The van der Waals surface area contributed by atoms with E-state index in [0.29, 0.717) is 6.41 Å². The molecular formula is C14H17N3O4. The van der Waals surface area contributed by atoms with Gasteiger partial charge in [0, 0.05) is 18.2 Å². The molecule has 0 radical (unpaired) electrons. The zero-order chi connectivity index (χ0) is 15.2. The SMILES string of the molecule is O=CNC1CCC(NC(=O)c2ccccc2[N+](=O)[O-])CC1. The molecule has 2 N–H and O–H groups in total. The van der Waals surface area contributed by atoms with Gasteiger partial charge >= 0.3 is 0 Å². The average Bonchev–Trinajstić information content (AvgIpc) is 2.49. The van der Waals surface area contributed by atoms with Crippen molar-refractivity contribution in [3.05, 3.63) is 39.9 Å². The van der Waals surface area contributed by atoms with Crippen molar-refractivity contribution >= 4 is 18.0 Å². The van der Waals surface area contributed by atoms with Crippen LogP contribution in [0, 0.1) is 10.1 Å². The molecule has 0 aliphatic heterocycles. The Morgan fingerprint density at radius 1 is 1.19 bits per heavy atom. The van der Waals surface area contributed by atoms with Gasteiger partial charge in [0.25, 0.3) is 11.6 Å². The first-order chi connectivity index (χ1) is 10.1. The summed E-state index contributed by atoms with van der Waals surface area (Å²) in [6, 6.07) is 6.05. The van der Waals surface area contributed by atoms with Crippen LogP contribution < -0.4 is 10.6 Å². The fourth-order valence-corrected chi connectivity index (χ4v) is 2.59. The van der Waals surface area contributed by atoms with E-state index in [0.717, 1.165) is 25.7 Å². The highest BCUT2D eigenvalue weighted by Gasteiger charge is 2.25. The second kappa shape index (κ2) is 6.83. The monoisotopic (exact) mass is 291 g/mol. The lowest BCUT2D eigenvalue weighted by Crippen LogP contribution is -2.42. The maximum atomic E-state index is 12.2. The molecule has 2 rings (SSSR count). The third-order valence-electron chi connectivity index (χ3n) is 3.71. The summed E-state index contributed by atoms with van der Waals surface area (Å²) in [5.41, 5.74) is -0.109. The second-order valence-electron chi connectivity index (χ2n) is 5.08. The second-order valence-corrected chi connectivity index (χ2v) is 5.08. The van der Waals surface area contributed by atoms with Crippen LogP contribution in [0.15, 0.2) is 24.3 Å². The van der Waals surface area contributed by atoms with Crippen molar-refractivity contribution in [1.82, 2.24) is 10.6 Å². The van der Waals surface area contributed by atoms with Crippen molar-refractivity contribution in [2.45, 2.75) is 37.8 Å². The van der Waals surface area contributed by atoms with Gasteiger partial charge in [-0.05, 0) is 31.7 Å².